The van der Waals surface area contributed by atoms with Crippen molar-refractivity contribution >= 4 is 23.8 Å². The Morgan fingerprint density at radius 2 is 1.71 bits per heavy atom. The minimum atomic E-state index is -0.507. The van der Waals surface area contributed by atoms with Crippen LogP contribution in [0.3, 0.4) is 0 Å². The molecular formula is C19H30N2O3. The fourth-order valence-corrected chi connectivity index (χ4v) is 2.47. The maximum absolute atomic E-state index is 11.7. The van der Waals surface area contributed by atoms with Crippen molar-refractivity contribution < 1.29 is 14.3 Å². The van der Waals surface area contributed by atoms with Crippen LogP contribution in [0.5, 0.6) is 0 Å². The van der Waals surface area contributed by atoms with E-state index in [2.05, 4.69) is 10.2 Å². The lowest BCUT2D eigenvalue weighted by molar-refractivity contribution is -0.111. The second kappa shape index (κ2) is 9.30. The van der Waals surface area contributed by atoms with Gasteiger partial charge in [-0.1, -0.05) is 13.8 Å². The summed E-state index contributed by atoms with van der Waals surface area (Å²) in [4.78, 5) is 24.7. The van der Waals surface area contributed by atoms with Crippen LogP contribution in [0.4, 0.5) is 16.2 Å². The molecule has 1 aliphatic rings. The molecule has 1 aromatic rings. The van der Waals surface area contributed by atoms with E-state index in [1.165, 1.54) is 0 Å². The number of amides is 1. The van der Waals surface area contributed by atoms with Crippen molar-refractivity contribution in [1.82, 2.24) is 0 Å². The van der Waals surface area contributed by atoms with E-state index in [-0.39, 0.29) is 5.92 Å². The summed E-state index contributed by atoms with van der Waals surface area (Å²) in [6.07, 6.45) is 2.42. The molecule has 2 rings (SSSR count). The van der Waals surface area contributed by atoms with Gasteiger partial charge in [-0.25, -0.2) is 4.79 Å². The van der Waals surface area contributed by atoms with Gasteiger partial charge in [-0.2, -0.15) is 0 Å². The quantitative estimate of drug-likeness (QED) is 0.828. The highest BCUT2D eigenvalue weighted by atomic mass is 16.6. The van der Waals surface area contributed by atoms with E-state index in [9.17, 15) is 9.59 Å². The Hall–Kier alpha value is -2.04. The molecule has 1 aliphatic heterocycles. The molecule has 0 aromatic heterocycles. The average molecular weight is 334 g/mol. The molecule has 134 valence electrons. The number of piperidine rings is 1. The number of ether oxygens (including phenoxy) is 1. The zero-order valence-electron chi connectivity index (χ0n) is 15.5. The first-order chi connectivity index (χ1) is 11.4. The van der Waals surface area contributed by atoms with E-state index < -0.39 is 11.7 Å². The molecule has 5 heteroatoms. The molecule has 0 atom stereocenters. The first-order valence-electron chi connectivity index (χ1n) is 8.68. The van der Waals surface area contributed by atoms with Crippen LogP contribution >= 0.6 is 0 Å². The SMILES string of the molecule is CC.CC(C)(C)OC(=O)Nc1ccc(N2CCC(C=O)CC2)cc1. The molecule has 0 saturated carbocycles. The van der Waals surface area contributed by atoms with E-state index in [1.54, 1.807) is 0 Å². The highest BCUT2D eigenvalue weighted by molar-refractivity contribution is 5.85. The number of carbonyl (C=O) groups excluding carboxylic acids is 2. The molecule has 1 fully saturated rings. The maximum atomic E-state index is 11.7. The highest BCUT2D eigenvalue weighted by Gasteiger charge is 2.19. The molecule has 5 nitrogen and oxygen atoms in total. The molecule has 1 amide bonds. The van der Waals surface area contributed by atoms with Crippen LogP contribution in [0, 0.1) is 5.92 Å². The Morgan fingerprint density at radius 3 is 2.17 bits per heavy atom. The summed E-state index contributed by atoms with van der Waals surface area (Å²) >= 11 is 0. The summed E-state index contributed by atoms with van der Waals surface area (Å²) in [5.41, 5.74) is 1.31. The van der Waals surface area contributed by atoms with Gasteiger partial charge in [0.15, 0.2) is 0 Å². The van der Waals surface area contributed by atoms with E-state index >= 15 is 0 Å². The number of anilines is 2. The average Bonchev–Trinajstić information content (AvgIpc) is 2.56. The van der Waals surface area contributed by atoms with Crippen LogP contribution in [-0.2, 0) is 9.53 Å². The molecule has 0 spiro atoms. The Labute approximate surface area is 145 Å². The number of benzene rings is 1. The second-order valence-corrected chi connectivity index (χ2v) is 6.63. The monoisotopic (exact) mass is 334 g/mol. The molecule has 24 heavy (non-hydrogen) atoms. The van der Waals surface area contributed by atoms with Crippen LogP contribution in [0.15, 0.2) is 24.3 Å². The molecule has 1 aromatic carbocycles. The lowest BCUT2D eigenvalue weighted by atomic mass is 9.98. The summed E-state index contributed by atoms with van der Waals surface area (Å²) in [6, 6.07) is 7.69. The van der Waals surface area contributed by atoms with Gasteiger partial charge in [-0.3, -0.25) is 5.32 Å². The van der Waals surface area contributed by atoms with Crippen LogP contribution < -0.4 is 10.2 Å². The fraction of sp³-hybridized carbons (Fsp3) is 0.579. The molecule has 0 aliphatic carbocycles. The number of carbonyl (C=O) groups is 2. The fourth-order valence-electron chi connectivity index (χ4n) is 2.47. The van der Waals surface area contributed by atoms with Crippen LogP contribution in [0.1, 0.15) is 47.5 Å². The number of aldehydes is 1. The summed E-state index contributed by atoms with van der Waals surface area (Å²) < 4.78 is 5.22. The lowest BCUT2D eigenvalue weighted by Crippen LogP contribution is -2.34. The highest BCUT2D eigenvalue weighted by Crippen LogP contribution is 2.24. The van der Waals surface area contributed by atoms with Crippen molar-refractivity contribution in [3.05, 3.63) is 24.3 Å². The predicted molar refractivity (Wildman–Crippen MR) is 98.6 cm³/mol. The van der Waals surface area contributed by atoms with Crippen molar-refractivity contribution in [2.24, 2.45) is 5.92 Å². The van der Waals surface area contributed by atoms with Gasteiger partial charge in [0.25, 0.3) is 0 Å². The first kappa shape index (κ1) is 20.0. The topological polar surface area (TPSA) is 58.6 Å². The molecule has 1 heterocycles. The zero-order chi connectivity index (χ0) is 18.2. The summed E-state index contributed by atoms with van der Waals surface area (Å²) in [5, 5.41) is 2.72. The number of rotatable bonds is 3. The van der Waals surface area contributed by atoms with E-state index in [4.69, 9.17) is 4.74 Å². The third-order valence-electron chi connectivity index (χ3n) is 3.61. The molecule has 0 bridgehead atoms. The van der Waals surface area contributed by atoms with E-state index in [0.717, 1.165) is 37.9 Å². The van der Waals surface area contributed by atoms with Gasteiger partial charge in [0, 0.05) is 30.4 Å². The Balaban J connectivity index is 0.00000139. The van der Waals surface area contributed by atoms with Crippen molar-refractivity contribution in [3.63, 3.8) is 0 Å². The van der Waals surface area contributed by atoms with Crippen molar-refractivity contribution in [1.29, 1.82) is 0 Å². The number of nitrogens with one attached hydrogen (secondary N) is 1. The largest absolute Gasteiger partial charge is 0.444 e. The molecule has 0 radical (unpaired) electrons. The summed E-state index contributed by atoms with van der Waals surface area (Å²) in [7, 11) is 0. The lowest BCUT2D eigenvalue weighted by Gasteiger charge is -2.31. The van der Waals surface area contributed by atoms with Gasteiger partial charge >= 0.3 is 6.09 Å². The Kier molecular flexibility index (Phi) is 7.75. The van der Waals surface area contributed by atoms with Crippen molar-refractivity contribution in [2.45, 2.75) is 53.1 Å². The third kappa shape index (κ3) is 6.60. The van der Waals surface area contributed by atoms with Crippen LogP contribution in [0.2, 0.25) is 0 Å². The van der Waals surface area contributed by atoms with Gasteiger partial charge in [-0.15, -0.1) is 0 Å². The van der Waals surface area contributed by atoms with Gasteiger partial charge in [0.1, 0.15) is 11.9 Å². The third-order valence-corrected chi connectivity index (χ3v) is 3.61. The molecule has 1 N–H and O–H groups in total. The normalized spacial score (nSPS) is 15.1. The Morgan fingerprint density at radius 1 is 1.17 bits per heavy atom. The zero-order valence-corrected chi connectivity index (χ0v) is 15.5. The summed E-state index contributed by atoms with van der Waals surface area (Å²) in [6.45, 7) is 11.3. The van der Waals surface area contributed by atoms with Crippen molar-refractivity contribution in [3.8, 4) is 0 Å². The standard InChI is InChI=1S/C17H24N2O3.C2H6/c1-17(2,3)22-16(21)18-14-4-6-15(7-5-14)19-10-8-13(12-20)9-11-19;1-2/h4-7,12-13H,8-11H2,1-3H3,(H,18,21);1-2H3. The molecule has 0 unspecified atom stereocenters. The van der Waals surface area contributed by atoms with Gasteiger partial charge in [0.05, 0.1) is 0 Å². The van der Waals surface area contributed by atoms with Crippen molar-refractivity contribution in [2.75, 3.05) is 23.3 Å². The van der Waals surface area contributed by atoms with Gasteiger partial charge in [0.2, 0.25) is 0 Å². The Bertz CT molecular complexity index is 512. The minimum absolute atomic E-state index is 0.198. The van der Waals surface area contributed by atoms with Crippen LogP contribution in [-0.4, -0.2) is 31.1 Å². The molecule has 1 saturated heterocycles. The van der Waals surface area contributed by atoms with Gasteiger partial charge in [-0.05, 0) is 57.9 Å². The van der Waals surface area contributed by atoms with E-state index in [0.29, 0.717) is 5.69 Å². The second-order valence-electron chi connectivity index (χ2n) is 6.63. The first-order valence-corrected chi connectivity index (χ1v) is 8.68. The summed E-state index contributed by atoms with van der Waals surface area (Å²) in [5.74, 6) is 0.198. The van der Waals surface area contributed by atoms with Gasteiger partial charge < -0.3 is 14.4 Å². The molecular weight excluding hydrogens is 304 g/mol. The van der Waals surface area contributed by atoms with Crippen LogP contribution in [0.25, 0.3) is 0 Å². The predicted octanol–water partition coefficient (Wildman–Crippen LogP) is 4.48. The number of hydrogen-bond acceptors (Lipinski definition) is 4. The van der Waals surface area contributed by atoms with E-state index in [1.807, 2.05) is 58.9 Å². The smallest absolute Gasteiger partial charge is 0.412 e. The number of hydrogen-bond donors (Lipinski definition) is 1. The number of nitrogens with zero attached hydrogens (tertiary/aromatic N) is 1. The maximum Gasteiger partial charge on any atom is 0.412 e. The minimum Gasteiger partial charge on any atom is -0.444 e.